The number of aromatic nitrogens is 1. The molecule has 0 aliphatic rings. The lowest BCUT2D eigenvalue weighted by atomic mass is 10.2. The molecule has 17 heavy (non-hydrogen) atoms. The summed E-state index contributed by atoms with van der Waals surface area (Å²) in [5.41, 5.74) is -0.163. The third-order valence-corrected chi connectivity index (χ3v) is 2.03. The monoisotopic (exact) mass is 239 g/mol. The number of hydrogen-bond acceptors (Lipinski definition) is 2. The summed E-state index contributed by atoms with van der Waals surface area (Å²) in [4.78, 5) is 3.32. The highest BCUT2D eigenvalue weighted by Crippen LogP contribution is 2.28. The Kier molecular flexibility index (Phi) is 2.99. The molecule has 0 radical (unpaired) electrons. The van der Waals surface area contributed by atoms with Crippen LogP contribution in [0.4, 0.5) is 13.2 Å². The fourth-order valence-corrected chi connectivity index (χ4v) is 1.23. The van der Waals surface area contributed by atoms with E-state index in [0.717, 1.165) is 5.56 Å². The van der Waals surface area contributed by atoms with Crippen molar-refractivity contribution in [1.29, 1.82) is 0 Å². The van der Waals surface area contributed by atoms with Crippen LogP contribution in [0, 0.1) is 0 Å². The van der Waals surface area contributed by atoms with E-state index < -0.39 is 11.9 Å². The predicted octanol–water partition coefficient (Wildman–Crippen LogP) is 3.86. The van der Waals surface area contributed by atoms with Gasteiger partial charge in [-0.3, -0.25) is 0 Å². The molecule has 2 rings (SSSR count). The van der Waals surface area contributed by atoms with E-state index in [1.807, 2.05) is 30.3 Å². The second-order valence-corrected chi connectivity index (χ2v) is 3.31. The maximum Gasteiger partial charge on any atom is 0.436 e. The van der Waals surface area contributed by atoms with Crippen LogP contribution in [0.5, 0.6) is 0 Å². The standard InChI is InChI=1S/C12H8F3NO/c13-12(14,15)10-8-17-11(16-10)7-6-9-4-2-1-3-5-9/h1-8H. The SMILES string of the molecule is FC(F)(F)c1coc(C=Cc2ccccc2)n1. The molecular formula is C12H8F3NO. The van der Waals surface area contributed by atoms with E-state index in [4.69, 9.17) is 4.42 Å². The largest absolute Gasteiger partial charge is 0.444 e. The van der Waals surface area contributed by atoms with Gasteiger partial charge in [0.25, 0.3) is 0 Å². The molecule has 0 N–H and O–H groups in total. The molecule has 0 fully saturated rings. The molecule has 0 aliphatic carbocycles. The van der Waals surface area contributed by atoms with E-state index >= 15 is 0 Å². The fourth-order valence-electron chi connectivity index (χ4n) is 1.23. The molecular weight excluding hydrogens is 231 g/mol. The number of hydrogen-bond donors (Lipinski definition) is 0. The average molecular weight is 239 g/mol. The van der Waals surface area contributed by atoms with Gasteiger partial charge in [0.2, 0.25) is 5.89 Å². The lowest BCUT2D eigenvalue weighted by Crippen LogP contribution is -2.04. The van der Waals surface area contributed by atoms with Crippen LogP contribution in [0.1, 0.15) is 17.1 Å². The first-order chi connectivity index (χ1) is 8.05. The van der Waals surface area contributed by atoms with Crippen molar-refractivity contribution in [3.8, 4) is 0 Å². The van der Waals surface area contributed by atoms with Gasteiger partial charge in [-0.2, -0.15) is 13.2 Å². The van der Waals surface area contributed by atoms with Crippen molar-refractivity contribution in [3.63, 3.8) is 0 Å². The van der Waals surface area contributed by atoms with Gasteiger partial charge in [0.15, 0.2) is 5.69 Å². The lowest BCUT2D eigenvalue weighted by Gasteiger charge is -1.97. The number of rotatable bonds is 2. The summed E-state index contributed by atoms with van der Waals surface area (Å²) in [7, 11) is 0. The van der Waals surface area contributed by atoms with Crippen LogP contribution in [0.2, 0.25) is 0 Å². The van der Waals surface area contributed by atoms with Crippen LogP contribution < -0.4 is 0 Å². The van der Waals surface area contributed by atoms with Gasteiger partial charge in [0.05, 0.1) is 0 Å². The molecule has 1 aromatic carbocycles. The highest BCUT2D eigenvalue weighted by atomic mass is 19.4. The van der Waals surface area contributed by atoms with E-state index in [2.05, 4.69) is 4.98 Å². The summed E-state index contributed by atoms with van der Waals surface area (Å²) in [5.74, 6) is -0.0684. The maximum atomic E-state index is 12.2. The van der Waals surface area contributed by atoms with Crippen LogP contribution in [0.15, 0.2) is 41.0 Å². The molecule has 88 valence electrons. The minimum absolute atomic E-state index is 0.0684. The van der Waals surface area contributed by atoms with Gasteiger partial charge >= 0.3 is 6.18 Å². The summed E-state index contributed by atoms with van der Waals surface area (Å²) in [5, 5.41) is 0. The Balaban J connectivity index is 2.15. The molecule has 0 spiro atoms. The summed E-state index contributed by atoms with van der Waals surface area (Å²) < 4.78 is 41.3. The Labute approximate surface area is 95.4 Å². The first-order valence-electron chi connectivity index (χ1n) is 4.81. The van der Waals surface area contributed by atoms with Crippen molar-refractivity contribution < 1.29 is 17.6 Å². The number of nitrogens with zero attached hydrogens (tertiary/aromatic N) is 1. The van der Waals surface area contributed by atoms with Gasteiger partial charge in [-0.1, -0.05) is 30.3 Å². The Morgan fingerprint density at radius 3 is 2.35 bits per heavy atom. The second kappa shape index (κ2) is 4.45. The molecule has 0 saturated heterocycles. The van der Waals surface area contributed by atoms with Crippen molar-refractivity contribution >= 4 is 12.2 Å². The zero-order valence-electron chi connectivity index (χ0n) is 8.61. The summed E-state index contributed by atoms with van der Waals surface area (Å²) in [6.07, 6.45) is -0.844. The Morgan fingerprint density at radius 2 is 1.76 bits per heavy atom. The minimum atomic E-state index is -4.47. The van der Waals surface area contributed by atoms with E-state index in [9.17, 15) is 13.2 Å². The number of benzene rings is 1. The van der Waals surface area contributed by atoms with E-state index in [1.165, 1.54) is 6.08 Å². The topological polar surface area (TPSA) is 26.0 Å². The van der Waals surface area contributed by atoms with Gasteiger partial charge in [0.1, 0.15) is 6.26 Å². The van der Waals surface area contributed by atoms with Gasteiger partial charge in [-0.05, 0) is 11.6 Å². The van der Waals surface area contributed by atoms with Crippen LogP contribution >= 0.6 is 0 Å². The first-order valence-corrected chi connectivity index (χ1v) is 4.81. The number of halogens is 3. The molecule has 2 nitrogen and oxygen atoms in total. The summed E-state index contributed by atoms with van der Waals surface area (Å²) in [6.45, 7) is 0. The Hall–Kier alpha value is -2.04. The van der Waals surface area contributed by atoms with Crippen LogP contribution in [0.3, 0.4) is 0 Å². The third kappa shape index (κ3) is 2.96. The molecule has 2 aromatic rings. The molecule has 1 aromatic heterocycles. The number of oxazole rings is 1. The summed E-state index contributed by atoms with van der Waals surface area (Å²) in [6, 6.07) is 9.16. The average Bonchev–Trinajstić information content (AvgIpc) is 2.76. The van der Waals surface area contributed by atoms with Gasteiger partial charge < -0.3 is 4.42 Å². The highest BCUT2D eigenvalue weighted by Gasteiger charge is 2.34. The summed E-state index contributed by atoms with van der Waals surface area (Å²) >= 11 is 0. The molecule has 0 bridgehead atoms. The van der Waals surface area contributed by atoms with Crippen LogP contribution in [-0.4, -0.2) is 4.98 Å². The van der Waals surface area contributed by atoms with Crippen molar-refractivity contribution in [2.24, 2.45) is 0 Å². The molecule has 0 unspecified atom stereocenters. The second-order valence-electron chi connectivity index (χ2n) is 3.31. The van der Waals surface area contributed by atoms with Crippen molar-refractivity contribution in [1.82, 2.24) is 4.98 Å². The maximum absolute atomic E-state index is 12.2. The van der Waals surface area contributed by atoms with Crippen molar-refractivity contribution in [3.05, 3.63) is 53.7 Å². The normalized spacial score (nSPS) is 12.2. The Bertz CT molecular complexity index is 514. The zero-order valence-corrected chi connectivity index (χ0v) is 8.61. The van der Waals surface area contributed by atoms with Gasteiger partial charge in [-0.25, -0.2) is 4.98 Å². The van der Waals surface area contributed by atoms with Gasteiger partial charge in [0, 0.05) is 6.08 Å². The molecule has 5 heteroatoms. The van der Waals surface area contributed by atoms with Crippen molar-refractivity contribution in [2.45, 2.75) is 6.18 Å². The van der Waals surface area contributed by atoms with Gasteiger partial charge in [-0.15, -0.1) is 0 Å². The van der Waals surface area contributed by atoms with Crippen LogP contribution in [-0.2, 0) is 6.18 Å². The molecule has 0 saturated carbocycles. The zero-order chi connectivity index (χ0) is 12.3. The smallest absolute Gasteiger partial charge is 0.436 e. The third-order valence-electron chi connectivity index (χ3n) is 2.03. The molecule has 0 atom stereocenters. The van der Waals surface area contributed by atoms with Crippen molar-refractivity contribution in [2.75, 3.05) is 0 Å². The van der Waals surface area contributed by atoms with E-state index in [1.54, 1.807) is 6.08 Å². The van der Waals surface area contributed by atoms with Crippen LogP contribution in [0.25, 0.3) is 12.2 Å². The highest BCUT2D eigenvalue weighted by molar-refractivity contribution is 5.65. The quantitative estimate of drug-likeness (QED) is 0.795. The van der Waals surface area contributed by atoms with E-state index in [0.29, 0.717) is 6.26 Å². The Morgan fingerprint density at radius 1 is 1.06 bits per heavy atom. The number of alkyl halides is 3. The molecule has 0 amide bonds. The predicted molar refractivity (Wildman–Crippen MR) is 56.9 cm³/mol. The minimum Gasteiger partial charge on any atom is -0.444 e. The fraction of sp³-hybridized carbons (Fsp3) is 0.0833. The first kappa shape index (κ1) is 11.4. The van der Waals surface area contributed by atoms with E-state index in [-0.39, 0.29) is 5.89 Å². The molecule has 1 heterocycles. The lowest BCUT2D eigenvalue weighted by molar-refractivity contribution is -0.141. The molecule has 0 aliphatic heterocycles.